The van der Waals surface area contributed by atoms with Gasteiger partial charge in [0.25, 0.3) is 0 Å². The summed E-state index contributed by atoms with van der Waals surface area (Å²) < 4.78 is 0. The summed E-state index contributed by atoms with van der Waals surface area (Å²) in [7, 11) is 0. The average Bonchev–Trinajstić information content (AvgIpc) is 2.25. The van der Waals surface area contributed by atoms with Crippen LogP contribution in [0.1, 0.15) is 31.4 Å². The van der Waals surface area contributed by atoms with Gasteiger partial charge in [0.1, 0.15) is 0 Å². The molecule has 0 spiro atoms. The highest BCUT2D eigenvalue weighted by molar-refractivity contribution is 5.13. The van der Waals surface area contributed by atoms with Crippen molar-refractivity contribution in [3.05, 3.63) is 42.7 Å². The highest BCUT2D eigenvalue weighted by Crippen LogP contribution is 2.09. The van der Waals surface area contributed by atoms with E-state index in [-0.39, 0.29) is 0 Å². The lowest BCUT2D eigenvalue weighted by Gasteiger charge is -2.13. The van der Waals surface area contributed by atoms with E-state index in [1.54, 1.807) is 0 Å². The molecule has 1 heterocycles. The lowest BCUT2D eigenvalue weighted by Crippen LogP contribution is -2.19. The predicted molar refractivity (Wildman–Crippen MR) is 60.1 cm³/mol. The van der Waals surface area contributed by atoms with Crippen LogP contribution in [0.2, 0.25) is 0 Å². The molecule has 1 rings (SSSR count). The molecule has 0 aromatic carbocycles. The number of aromatic nitrogens is 1. The van der Waals surface area contributed by atoms with Crippen LogP contribution in [-0.2, 0) is 0 Å². The maximum atomic E-state index is 4.00. The fourth-order valence-electron chi connectivity index (χ4n) is 1.33. The molecule has 2 nitrogen and oxygen atoms in total. The Kier molecular flexibility index (Phi) is 4.94. The van der Waals surface area contributed by atoms with Gasteiger partial charge in [-0.05, 0) is 44.0 Å². The molecule has 0 aliphatic carbocycles. The van der Waals surface area contributed by atoms with Crippen LogP contribution in [0.5, 0.6) is 0 Å². The number of hydrogen-bond acceptors (Lipinski definition) is 2. The van der Waals surface area contributed by atoms with Gasteiger partial charge in [0.15, 0.2) is 0 Å². The first-order chi connectivity index (χ1) is 6.84. The molecule has 0 bridgehead atoms. The number of rotatable bonds is 6. The lowest BCUT2D eigenvalue weighted by atomic mass is 10.1. The Morgan fingerprint density at radius 3 is 2.86 bits per heavy atom. The number of allylic oxidation sites excluding steroid dienone is 1. The molecule has 2 heteroatoms. The van der Waals surface area contributed by atoms with Gasteiger partial charge in [-0.25, -0.2) is 0 Å². The van der Waals surface area contributed by atoms with Gasteiger partial charge in [-0.3, -0.25) is 4.98 Å². The number of hydrogen-bond donors (Lipinski definition) is 1. The number of nitrogens with one attached hydrogen (secondary N) is 1. The molecule has 0 amide bonds. The van der Waals surface area contributed by atoms with E-state index in [9.17, 15) is 0 Å². The third kappa shape index (κ3) is 3.71. The largest absolute Gasteiger partial charge is 0.310 e. The van der Waals surface area contributed by atoms with E-state index in [2.05, 4.69) is 23.8 Å². The quantitative estimate of drug-likeness (QED) is 0.551. The second-order valence-corrected chi connectivity index (χ2v) is 3.39. The third-order valence-electron chi connectivity index (χ3n) is 2.24. The summed E-state index contributed by atoms with van der Waals surface area (Å²) in [5, 5.41) is 3.46. The molecule has 76 valence electrons. The summed E-state index contributed by atoms with van der Waals surface area (Å²) in [6.07, 6.45) is 7.85. The van der Waals surface area contributed by atoms with E-state index < -0.39 is 0 Å². The van der Waals surface area contributed by atoms with Crippen molar-refractivity contribution in [2.75, 3.05) is 6.54 Å². The smallest absolute Gasteiger partial charge is 0.0292 e. The van der Waals surface area contributed by atoms with E-state index in [0.29, 0.717) is 6.04 Å². The van der Waals surface area contributed by atoms with Gasteiger partial charge in [-0.1, -0.05) is 6.08 Å². The zero-order valence-corrected chi connectivity index (χ0v) is 8.74. The predicted octanol–water partition coefficient (Wildman–Crippen LogP) is 2.70. The van der Waals surface area contributed by atoms with Gasteiger partial charge in [-0.2, -0.15) is 0 Å². The van der Waals surface area contributed by atoms with Gasteiger partial charge in [-0.15, -0.1) is 6.58 Å². The molecular formula is C12H18N2. The molecular weight excluding hydrogens is 172 g/mol. The van der Waals surface area contributed by atoms with E-state index in [1.807, 2.05) is 30.6 Å². The van der Waals surface area contributed by atoms with Crippen LogP contribution in [0.15, 0.2) is 37.2 Å². The maximum absolute atomic E-state index is 4.00. The van der Waals surface area contributed by atoms with Crippen LogP contribution in [0.4, 0.5) is 0 Å². The Labute approximate surface area is 86.1 Å². The molecule has 0 saturated carbocycles. The van der Waals surface area contributed by atoms with Crippen molar-refractivity contribution in [3.8, 4) is 0 Å². The van der Waals surface area contributed by atoms with Crippen LogP contribution in [0.25, 0.3) is 0 Å². The molecule has 14 heavy (non-hydrogen) atoms. The maximum Gasteiger partial charge on any atom is 0.0292 e. The first kappa shape index (κ1) is 10.9. The van der Waals surface area contributed by atoms with Crippen molar-refractivity contribution < 1.29 is 0 Å². The molecule has 1 N–H and O–H groups in total. The molecule has 1 aromatic heterocycles. The summed E-state index contributed by atoms with van der Waals surface area (Å²) in [4.78, 5) is 4.00. The summed E-state index contributed by atoms with van der Waals surface area (Å²) in [5.74, 6) is 0. The van der Waals surface area contributed by atoms with Gasteiger partial charge in [0.2, 0.25) is 0 Å². The fourth-order valence-corrected chi connectivity index (χ4v) is 1.33. The first-order valence-electron chi connectivity index (χ1n) is 5.09. The topological polar surface area (TPSA) is 24.9 Å². The second kappa shape index (κ2) is 6.33. The molecule has 1 aromatic rings. The SMILES string of the molecule is C=CCCCNC(C)c1ccncc1. The minimum atomic E-state index is 0.405. The van der Waals surface area contributed by atoms with Crippen molar-refractivity contribution in [1.29, 1.82) is 0 Å². The standard InChI is InChI=1S/C12H18N2/c1-3-4-5-8-14-11(2)12-6-9-13-10-7-12/h3,6-7,9-11,14H,1,4-5,8H2,2H3. The Morgan fingerprint density at radius 1 is 1.50 bits per heavy atom. The van der Waals surface area contributed by atoms with Crippen molar-refractivity contribution in [2.45, 2.75) is 25.8 Å². The molecule has 0 aliphatic rings. The normalized spacial score (nSPS) is 12.4. The summed E-state index contributed by atoms with van der Waals surface area (Å²) in [6.45, 7) is 6.91. The van der Waals surface area contributed by atoms with Crippen molar-refractivity contribution >= 4 is 0 Å². The van der Waals surface area contributed by atoms with Gasteiger partial charge in [0.05, 0.1) is 0 Å². The number of unbranched alkanes of at least 4 members (excludes halogenated alkanes) is 1. The molecule has 1 unspecified atom stereocenters. The van der Waals surface area contributed by atoms with E-state index in [1.165, 1.54) is 5.56 Å². The van der Waals surface area contributed by atoms with Crippen molar-refractivity contribution in [3.63, 3.8) is 0 Å². The molecule has 0 radical (unpaired) electrons. The molecule has 0 saturated heterocycles. The molecule has 0 aliphatic heterocycles. The van der Waals surface area contributed by atoms with Crippen LogP contribution in [0, 0.1) is 0 Å². The van der Waals surface area contributed by atoms with Gasteiger partial charge >= 0.3 is 0 Å². The van der Waals surface area contributed by atoms with Crippen LogP contribution >= 0.6 is 0 Å². The Balaban J connectivity index is 2.28. The second-order valence-electron chi connectivity index (χ2n) is 3.39. The van der Waals surface area contributed by atoms with Gasteiger partial charge < -0.3 is 5.32 Å². The Bertz CT molecular complexity index is 256. The number of pyridine rings is 1. The van der Waals surface area contributed by atoms with Crippen LogP contribution in [-0.4, -0.2) is 11.5 Å². The fraction of sp³-hybridized carbons (Fsp3) is 0.417. The monoisotopic (exact) mass is 190 g/mol. The van der Waals surface area contributed by atoms with Crippen LogP contribution < -0.4 is 5.32 Å². The Hall–Kier alpha value is -1.15. The molecule has 1 atom stereocenters. The minimum Gasteiger partial charge on any atom is -0.310 e. The summed E-state index contributed by atoms with van der Waals surface area (Å²) in [5.41, 5.74) is 1.29. The summed E-state index contributed by atoms with van der Waals surface area (Å²) >= 11 is 0. The third-order valence-corrected chi connectivity index (χ3v) is 2.24. The highest BCUT2D eigenvalue weighted by atomic mass is 14.9. The summed E-state index contributed by atoms with van der Waals surface area (Å²) in [6, 6.07) is 4.50. The van der Waals surface area contributed by atoms with Crippen molar-refractivity contribution in [2.24, 2.45) is 0 Å². The van der Waals surface area contributed by atoms with E-state index in [0.717, 1.165) is 19.4 Å². The van der Waals surface area contributed by atoms with Gasteiger partial charge in [0, 0.05) is 18.4 Å². The first-order valence-corrected chi connectivity index (χ1v) is 5.09. The highest BCUT2D eigenvalue weighted by Gasteiger charge is 2.01. The van der Waals surface area contributed by atoms with E-state index >= 15 is 0 Å². The molecule has 0 fully saturated rings. The zero-order chi connectivity index (χ0) is 10.2. The van der Waals surface area contributed by atoms with E-state index in [4.69, 9.17) is 0 Å². The zero-order valence-electron chi connectivity index (χ0n) is 8.74. The van der Waals surface area contributed by atoms with Crippen LogP contribution in [0.3, 0.4) is 0 Å². The minimum absolute atomic E-state index is 0.405. The average molecular weight is 190 g/mol. The Morgan fingerprint density at radius 2 is 2.21 bits per heavy atom. The lowest BCUT2D eigenvalue weighted by molar-refractivity contribution is 0.560. The number of nitrogens with zero attached hydrogens (tertiary/aromatic N) is 1. The van der Waals surface area contributed by atoms with Crippen molar-refractivity contribution in [1.82, 2.24) is 10.3 Å².